The SMILES string of the molecule is CS(=O)(=O)OC1Cc2ccccc2N(O)C1=O. The van der Waals surface area contributed by atoms with Gasteiger partial charge in [-0.3, -0.25) is 14.2 Å². The third-order valence-corrected chi connectivity index (χ3v) is 2.98. The fourth-order valence-electron chi connectivity index (χ4n) is 1.72. The highest BCUT2D eigenvalue weighted by Gasteiger charge is 2.35. The fourth-order valence-corrected chi connectivity index (χ4v) is 2.29. The molecule has 17 heavy (non-hydrogen) atoms. The first kappa shape index (κ1) is 12.0. The van der Waals surface area contributed by atoms with Crippen LogP contribution < -0.4 is 5.06 Å². The molecule has 0 bridgehead atoms. The molecule has 1 amide bonds. The van der Waals surface area contributed by atoms with E-state index in [1.165, 1.54) is 0 Å². The van der Waals surface area contributed by atoms with Crippen LogP contribution in [0.1, 0.15) is 5.56 Å². The molecule has 1 aliphatic rings. The fraction of sp³-hybridized carbons (Fsp3) is 0.300. The lowest BCUT2D eigenvalue weighted by Crippen LogP contribution is -2.44. The second kappa shape index (κ2) is 4.10. The molecule has 0 saturated carbocycles. The van der Waals surface area contributed by atoms with Crippen LogP contribution in [-0.4, -0.2) is 31.9 Å². The molecule has 0 fully saturated rings. The van der Waals surface area contributed by atoms with Gasteiger partial charge in [0.05, 0.1) is 11.9 Å². The Morgan fingerprint density at radius 3 is 2.71 bits per heavy atom. The normalized spacial score (nSPS) is 20.2. The van der Waals surface area contributed by atoms with E-state index in [1.54, 1.807) is 24.3 Å². The topological polar surface area (TPSA) is 83.9 Å². The van der Waals surface area contributed by atoms with Gasteiger partial charge in [-0.2, -0.15) is 13.5 Å². The van der Waals surface area contributed by atoms with Gasteiger partial charge in [0.2, 0.25) is 0 Å². The summed E-state index contributed by atoms with van der Waals surface area (Å²) >= 11 is 0. The molecule has 1 aromatic rings. The Hall–Kier alpha value is -1.44. The number of hydroxylamine groups is 1. The standard InChI is InChI=1S/C10H11NO5S/c1-17(14,15)16-9-6-7-4-2-3-5-8(7)11(13)10(9)12/h2-5,9,13H,6H2,1H3. The number of fused-ring (bicyclic) bond motifs is 1. The lowest BCUT2D eigenvalue weighted by atomic mass is 10.0. The zero-order valence-corrected chi connectivity index (χ0v) is 9.85. The summed E-state index contributed by atoms with van der Waals surface area (Å²) in [6.45, 7) is 0. The van der Waals surface area contributed by atoms with E-state index >= 15 is 0 Å². The van der Waals surface area contributed by atoms with Crippen molar-refractivity contribution < 1.29 is 22.6 Å². The van der Waals surface area contributed by atoms with E-state index in [-0.39, 0.29) is 6.42 Å². The minimum Gasteiger partial charge on any atom is -0.281 e. The third-order valence-electron chi connectivity index (χ3n) is 2.40. The van der Waals surface area contributed by atoms with Crippen molar-refractivity contribution in [3.63, 3.8) is 0 Å². The van der Waals surface area contributed by atoms with Crippen molar-refractivity contribution in [2.24, 2.45) is 0 Å². The van der Waals surface area contributed by atoms with E-state index in [4.69, 9.17) is 0 Å². The van der Waals surface area contributed by atoms with Crippen LogP contribution >= 0.6 is 0 Å². The van der Waals surface area contributed by atoms with Gasteiger partial charge >= 0.3 is 0 Å². The Bertz CT molecular complexity index is 554. The van der Waals surface area contributed by atoms with Gasteiger partial charge < -0.3 is 0 Å². The maximum absolute atomic E-state index is 11.7. The molecule has 0 aliphatic carbocycles. The number of hydrogen-bond acceptors (Lipinski definition) is 5. The van der Waals surface area contributed by atoms with Crippen molar-refractivity contribution in [1.82, 2.24) is 0 Å². The number of amides is 1. The molecule has 7 heteroatoms. The molecule has 0 aromatic heterocycles. The van der Waals surface area contributed by atoms with Crippen LogP contribution in [0.3, 0.4) is 0 Å². The number of benzene rings is 1. The molecule has 92 valence electrons. The van der Waals surface area contributed by atoms with Crippen LogP contribution in [0.25, 0.3) is 0 Å². The van der Waals surface area contributed by atoms with Gasteiger partial charge in [-0.25, -0.2) is 0 Å². The van der Waals surface area contributed by atoms with Crippen molar-refractivity contribution >= 4 is 21.7 Å². The number of nitrogens with zero attached hydrogens (tertiary/aromatic N) is 1. The average molecular weight is 257 g/mol. The van der Waals surface area contributed by atoms with Gasteiger partial charge in [-0.1, -0.05) is 18.2 Å². The van der Waals surface area contributed by atoms with E-state index in [0.29, 0.717) is 16.3 Å². The summed E-state index contributed by atoms with van der Waals surface area (Å²) in [6.07, 6.45) is -0.216. The van der Waals surface area contributed by atoms with Crippen LogP contribution in [-0.2, 0) is 25.5 Å². The molecular weight excluding hydrogens is 246 g/mol. The molecule has 1 atom stereocenters. The van der Waals surface area contributed by atoms with Gasteiger partial charge in [-0.05, 0) is 11.6 Å². The Kier molecular flexibility index (Phi) is 2.90. The maximum Gasteiger partial charge on any atom is 0.281 e. The third kappa shape index (κ3) is 2.46. The lowest BCUT2D eigenvalue weighted by Gasteiger charge is -2.28. The van der Waals surface area contributed by atoms with Gasteiger partial charge in [0, 0.05) is 6.42 Å². The molecule has 0 radical (unpaired) electrons. The summed E-state index contributed by atoms with van der Waals surface area (Å²) < 4.78 is 26.6. The quantitative estimate of drug-likeness (QED) is 0.609. The van der Waals surface area contributed by atoms with Crippen LogP contribution in [0, 0.1) is 0 Å². The Morgan fingerprint density at radius 2 is 2.06 bits per heavy atom. The number of carbonyl (C=O) groups excluding carboxylic acids is 1. The lowest BCUT2D eigenvalue weighted by molar-refractivity contribution is -0.131. The van der Waals surface area contributed by atoms with E-state index < -0.39 is 22.1 Å². The van der Waals surface area contributed by atoms with E-state index in [1.807, 2.05) is 0 Å². The summed E-state index contributed by atoms with van der Waals surface area (Å²) in [5.74, 6) is -0.783. The first-order valence-electron chi connectivity index (χ1n) is 4.87. The van der Waals surface area contributed by atoms with Crippen LogP contribution in [0.5, 0.6) is 0 Å². The molecule has 6 nitrogen and oxygen atoms in total. The van der Waals surface area contributed by atoms with Gasteiger partial charge in [-0.15, -0.1) is 0 Å². The molecule has 0 spiro atoms. The van der Waals surface area contributed by atoms with Crippen molar-refractivity contribution in [2.75, 3.05) is 11.3 Å². The zero-order chi connectivity index (χ0) is 12.6. The summed E-state index contributed by atoms with van der Waals surface area (Å²) in [6, 6.07) is 6.68. The van der Waals surface area contributed by atoms with Crippen molar-refractivity contribution in [2.45, 2.75) is 12.5 Å². The maximum atomic E-state index is 11.7. The summed E-state index contributed by atoms with van der Waals surface area (Å²) in [4.78, 5) is 11.7. The largest absolute Gasteiger partial charge is 0.281 e. The van der Waals surface area contributed by atoms with E-state index in [9.17, 15) is 18.4 Å². The second-order valence-electron chi connectivity index (χ2n) is 3.77. The number of para-hydroxylation sites is 1. The van der Waals surface area contributed by atoms with E-state index in [0.717, 1.165) is 6.26 Å². The Labute approximate surface area is 98.5 Å². The highest BCUT2D eigenvalue weighted by Crippen LogP contribution is 2.27. The number of hydrogen-bond donors (Lipinski definition) is 1. The molecule has 2 rings (SSSR count). The molecule has 1 N–H and O–H groups in total. The second-order valence-corrected chi connectivity index (χ2v) is 5.37. The minimum absolute atomic E-state index is 0.124. The summed E-state index contributed by atoms with van der Waals surface area (Å²) in [5, 5.41) is 10.0. The molecule has 1 heterocycles. The van der Waals surface area contributed by atoms with E-state index in [2.05, 4.69) is 4.18 Å². The highest BCUT2D eigenvalue weighted by atomic mass is 32.2. The zero-order valence-electron chi connectivity index (χ0n) is 9.03. The monoisotopic (exact) mass is 257 g/mol. The molecule has 1 aromatic carbocycles. The average Bonchev–Trinajstić information content (AvgIpc) is 2.24. The Balaban J connectivity index is 2.34. The molecule has 1 aliphatic heterocycles. The highest BCUT2D eigenvalue weighted by molar-refractivity contribution is 7.86. The summed E-state index contributed by atoms with van der Waals surface area (Å²) in [5.41, 5.74) is 1.01. The van der Waals surface area contributed by atoms with Crippen LogP contribution in [0.4, 0.5) is 5.69 Å². The van der Waals surface area contributed by atoms with Crippen molar-refractivity contribution in [1.29, 1.82) is 0 Å². The van der Waals surface area contributed by atoms with Gasteiger partial charge in [0.15, 0.2) is 6.10 Å². The molecule has 0 saturated heterocycles. The molecular formula is C10H11NO5S. The number of carbonyl (C=O) groups is 1. The minimum atomic E-state index is -3.74. The predicted octanol–water partition coefficient (Wildman–Crippen LogP) is 0.310. The van der Waals surface area contributed by atoms with Crippen molar-refractivity contribution in [3.8, 4) is 0 Å². The number of anilines is 1. The predicted molar refractivity (Wildman–Crippen MR) is 59.1 cm³/mol. The van der Waals surface area contributed by atoms with Gasteiger partial charge in [0.25, 0.3) is 16.0 Å². The van der Waals surface area contributed by atoms with Gasteiger partial charge in [0.1, 0.15) is 0 Å². The Morgan fingerprint density at radius 1 is 1.41 bits per heavy atom. The first-order valence-corrected chi connectivity index (χ1v) is 6.69. The first-order chi connectivity index (χ1) is 7.88. The molecule has 1 unspecified atom stereocenters. The van der Waals surface area contributed by atoms with Crippen LogP contribution in [0.2, 0.25) is 0 Å². The smallest absolute Gasteiger partial charge is 0.281 e. The number of rotatable bonds is 2. The van der Waals surface area contributed by atoms with Crippen molar-refractivity contribution in [3.05, 3.63) is 29.8 Å². The van der Waals surface area contributed by atoms with Crippen LogP contribution in [0.15, 0.2) is 24.3 Å². The summed E-state index contributed by atoms with van der Waals surface area (Å²) in [7, 11) is -3.74.